The lowest BCUT2D eigenvalue weighted by Crippen LogP contribution is -2.31. The van der Waals surface area contributed by atoms with Gasteiger partial charge in [-0.05, 0) is 12.1 Å². The molecule has 2 atom stereocenters. The zero-order valence-corrected chi connectivity index (χ0v) is 11.4. The highest BCUT2D eigenvalue weighted by atomic mass is 127. The normalized spacial score (nSPS) is 15.7. The number of hydrogen-bond donors (Lipinski definition) is 2. The first-order valence-electron chi connectivity index (χ1n) is 4.68. The summed E-state index contributed by atoms with van der Waals surface area (Å²) >= 11 is 1.83. The summed E-state index contributed by atoms with van der Waals surface area (Å²) in [5, 5.41) is 18.4. The summed E-state index contributed by atoms with van der Waals surface area (Å²) in [5.74, 6) is -0.370. The average molecular weight is 356 g/mol. The molecule has 0 saturated heterocycles. The molecule has 0 spiro atoms. The molecule has 0 heterocycles. The van der Waals surface area contributed by atoms with E-state index in [0.717, 1.165) is 0 Å². The minimum atomic E-state index is -3.48. The van der Waals surface area contributed by atoms with E-state index in [9.17, 15) is 13.5 Å². The second-order valence-electron chi connectivity index (χ2n) is 3.36. The molecule has 0 unspecified atom stereocenters. The fourth-order valence-corrected chi connectivity index (χ4v) is 3.22. The highest BCUT2D eigenvalue weighted by molar-refractivity contribution is 14.1. The summed E-state index contributed by atoms with van der Waals surface area (Å²) in [6, 6.07) is 7.97. The van der Waals surface area contributed by atoms with Gasteiger partial charge >= 0.3 is 0 Å². The van der Waals surface area contributed by atoms with E-state index in [-0.39, 0.29) is 17.3 Å². The molecule has 0 radical (unpaired) electrons. The third-order valence-electron chi connectivity index (χ3n) is 2.08. The van der Waals surface area contributed by atoms with Gasteiger partial charge in [0.1, 0.15) is 0 Å². The molecule has 6 heteroatoms. The van der Waals surface area contributed by atoms with E-state index in [1.807, 2.05) is 22.6 Å². The van der Waals surface area contributed by atoms with Crippen molar-refractivity contribution < 1.29 is 18.6 Å². The van der Waals surface area contributed by atoms with E-state index in [1.165, 1.54) is 12.1 Å². The summed E-state index contributed by atoms with van der Waals surface area (Å²) in [4.78, 5) is 0.190. The summed E-state index contributed by atoms with van der Waals surface area (Å²) in [6.07, 6.45) is -1.06. The van der Waals surface area contributed by atoms with E-state index in [0.29, 0.717) is 0 Å². The molecule has 0 aromatic heterocycles. The SMILES string of the molecule is O=S(=O)(C[C@@H](O)[C@H](I)CO)c1ccccc1. The summed E-state index contributed by atoms with van der Waals surface area (Å²) in [7, 11) is -3.48. The lowest BCUT2D eigenvalue weighted by Gasteiger charge is -2.15. The van der Waals surface area contributed by atoms with Gasteiger partial charge in [0.25, 0.3) is 0 Å². The van der Waals surface area contributed by atoms with Crippen LogP contribution in [0.5, 0.6) is 0 Å². The van der Waals surface area contributed by atoms with Crippen LogP contribution in [0.2, 0.25) is 0 Å². The van der Waals surface area contributed by atoms with Crippen LogP contribution in [0.1, 0.15) is 0 Å². The smallest absolute Gasteiger partial charge is 0.180 e. The molecule has 90 valence electrons. The Bertz CT molecular complexity index is 418. The Morgan fingerprint density at radius 1 is 1.25 bits per heavy atom. The summed E-state index contributed by atoms with van der Waals surface area (Å²) in [6.45, 7) is -0.244. The molecule has 1 rings (SSSR count). The van der Waals surface area contributed by atoms with Gasteiger partial charge in [0.2, 0.25) is 0 Å². The Kier molecular flexibility index (Phi) is 5.16. The van der Waals surface area contributed by atoms with Crippen LogP contribution in [-0.4, -0.2) is 41.0 Å². The molecule has 0 bridgehead atoms. The Labute approximate surface area is 108 Å². The van der Waals surface area contributed by atoms with Crippen LogP contribution in [-0.2, 0) is 9.84 Å². The standard InChI is InChI=1S/C10H13IO4S/c11-9(6-12)10(13)7-16(14,15)8-4-2-1-3-5-8/h1-5,9-10,12-13H,6-7H2/t9-,10-/m1/s1. The number of aliphatic hydroxyl groups is 2. The van der Waals surface area contributed by atoms with Crippen molar-refractivity contribution in [1.29, 1.82) is 0 Å². The number of halogens is 1. The number of aliphatic hydroxyl groups excluding tert-OH is 2. The van der Waals surface area contributed by atoms with Gasteiger partial charge in [-0.1, -0.05) is 40.8 Å². The fraction of sp³-hybridized carbons (Fsp3) is 0.400. The van der Waals surface area contributed by atoms with Gasteiger partial charge in [-0.3, -0.25) is 0 Å². The van der Waals surface area contributed by atoms with Crippen molar-refractivity contribution in [2.75, 3.05) is 12.4 Å². The number of alkyl halides is 1. The second kappa shape index (κ2) is 5.95. The van der Waals surface area contributed by atoms with E-state index in [2.05, 4.69) is 0 Å². The van der Waals surface area contributed by atoms with Crippen LogP contribution in [0.3, 0.4) is 0 Å². The lowest BCUT2D eigenvalue weighted by molar-refractivity contribution is 0.164. The van der Waals surface area contributed by atoms with E-state index in [4.69, 9.17) is 5.11 Å². The maximum absolute atomic E-state index is 11.8. The maximum atomic E-state index is 11.8. The molecular weight excluding hydrogens is 343 g/mol. The van der Waals surface area contributed by atoms with Crippen molar-refractivity contribution in [2.24, 2.45) is 0 Å². The van der Waals surface area contributed by atoms with Crippen LogP contribution in [0, 0.1) is 0 Å². The molecule has 1 aromatic carbocycles. The van der Waals surface area contributed by atoms with Crippen molar-refractivity contribution >= 4 is 32.4 Å². The quantitative estimate of drug-likeness (QED) is 0.599. The molecular formula is C10H13IO4S. The first-order valence-corrected chi connectivity index (χ1v) is 7.58. The molecule has 2 N–H and O–H groups in total. The van der Waals surface area contributed by atoms with Gasteiger partial charge < -0.3 is 10.2 Å². The number of rotatable bonds is 5. The Hall–Kier alpha value is -0.180. The monoisotopic (exact) mass is 356 g/mol. The van der Waals surface area contributed by atoms with Gasteiger partial charge in [0, 0.05) is 0 Å². The maximum Gasteiger partial charge on any atom is 0.180 e. The van der Waals surface area contributed by atoms with Gasteiger partial charge in [-0.25, -0.2) is 8.42 Å². The first-order chi connectivity index (χ1) is 7.47. The van der Waals surface area contributed by atoms with Crippen molar-refractivity contribution in [1.82, 2.24) is 0 Å². The van der Waals surface area contributed by atoms with Crippen molar-refractivity contribution in [2.45, 2.75) is 14.9 Å². The van der Waals surface area contributed by atoms with Crippen LogP contribution in [0.4, 0.5) is 0 Å². The number of benzene rings is 1. The molecule has 1 aromatic rings. The average Bonchev–Trinajstić information content (AvgIpc) is 2.28. The highest BCUT2D eigenvalue weighted by Gasteiger charge is 2.24. The molecule has 16 heavy (non-hydrogen) atoms. The third kappa shape index (κ3) is 3.69. The topological polar surface area (TPSA) is 74.6 Å². The van der Waals surface area contributed by atoms with E-state index < -0.39 is 19.9 Å². The molecule has 0 aliphatic carbocycles. The predicted octanol–water partition coefficient (Wildman–Crippen LogP) is 0.617. The number of sulfone groups is 1. The van der Waals surface area contributed by atoms with Crippen molar-refractivity contribution in [3.8, 4) is 0 Å². The zero-order chi connectivity index (χ0) is 12.2. The minimum Gasteiger partial charge on any atom is -0.395 e. The molecule has 0 amide bonds. The van der Waals surface area contributed by atoms with Gasteiger partial charge in [0.05, 0.1) is 27.3 Å². The molecule has 4 nitrogen and oxygen atoms in total. The van der Waals surface area contributed by atoms with Crippen LogP contribution < -0.4 is 0 Å². The van der Waals surface area contributed by atoms with Crippen molar-refractivity contribution in [3.05, 3.63) is 30.3 Å². The second-order valence-corrected chi connectivity index (χ2v) is 6.99. The minimum absolute atomic E-state index is 0.190. The van der Waals surface area contributed by atoms with Crippen molar-refractivity contribution in [3.63, 3.8) is 0 Å². The van der Waals surface area contributed by atoms with E-state index >= 15 is 0 Å². The molecule has 0 saturated carbocycles. The Morgan fingerprint density at radius 3 is 2.31 bits per heavy atom. The van der Waals surface area contributed by atoms with Crippen LogP contribution >= 0.6 is 22.6 Å². The van der Waals surface area contributed by atoms with Crippen LogP contribution in [0.25, 0.3) is 0 Å². The van der Waals surface area contributed by atoms with Crippen LogP contribution in [0.15, 0.2) is 35.2 Å². The summed E-state index contributed by atoms with van der Waals surface area (Å²) < 4.78 is 23.2. The molecule has 0 aliphatic rings. The highest BCUT2D eigenvalue weighted by Crippen LogP contribution is 2.15. The first kappa shape index (κ1) is 13.9. The third-order valence-corrected chi connectivity index (χ3v) is 5.08. The molecule has 0 fully saturated rings. The van der Waals surface area contributed by atoms with Gasteiger partial charge in [-0.15, -0.1) is 0 Å². The Balaban J connectivity index is 2.81. The predicted molar refractivity (Wildman–Crippen MR) is 69.4 cm³/mol. The summed E-state index contributed by atoms with van der Waals surface area (Å²) in [5.41, 5.74) is 0. The number of hydrogen-bond acceptors (Lipinski definition) is 4. The zero-order valence-electron chi connectivity index (χ0n) is 8.45. The van der Waals surface area contributed by atoms with Gasteiger partial charge in [0.15, 0.2) is 9.84 Å². The van der Waals surface area contributed by atoms with E-state index in [1.54, 1.807) is 18.2 Å². The molecule has 0 aliphatic heterocycles. The lowest BCUT2D eigenvalue weighted by atomic mass is 10.3. The van der Waals surface area contributed by atoms with Gasteiger partial charge in [-0.2, -0.15) is 0 Å². The largest absolute Gasteiger partial charge is 0.395 e. The Morgan fingerprint density at radius 2 is 1.81 bits per heavy atom. The fourth-order valence-electron chi connectivity index (χ4n) is 1.17.